The lowest BCUT2D eigenvalue weighted by atomic mass is 9.98. The van der Waals surface area contributed by atoms with Gasteiger partial charge in [0.25, 0.3) is 0 Å². The number of carbonyl (C=O) groups excluding carboxylic acids is 2. The topological polar surface area (TPSA) is 74.3 Å². The molecule has 2 aliphatic rings. The minimum atomic E-state index is -0.398. The summed E-state index contributed by atoms with van der Waals surface area (Å²) in [6, 6.07) is 5.56. The molecule has 2 fully saturated rings. The van der Waals surface area contributed by atoms with Gasteiger partial charge in [-0.3, -0.25) is 20.0 Å². The number of hydrogen-bond donors (Lipinski definition) is 2. The van der Waals surface area contributed by atoms with Gasteiger partial charge in [0.05, 0.1) is 11.9 Å². The van der Waals surface area contributed by atoms with Crippen molar-refractivity contribution in [1.82, 2.24) is 15.6 Å². The lowest BCUT2D eigenvalue weighted by Gasteiger charge is -2.27. The van der Waals surface area contributed by atoms with E-state index in [9.17, 15) is 9.59 Å². The predicted molar refractivity (Wildman–Crippen MR) is 99.7 cm³/mol. The number of pyridine rings is 1. The number of rotatable bonds is 1. The van der Waals surface area contributed by atoms with E-state index < -0.39 is 6.03 Å². The van der Waals surface area contributed by atoms with E-state index in [0.717, 1.165) is 42.3 Å². The molecule has 0 radical (unpaired) electrons. The van der Waals surface area contributed by atoms with Crippen LogP contribution in [0.1, 0.15) is 24.8 Å². The van der Waals surface area contributed by atoms with Crippen LogP contribution in [0.5, 0.6) is 0 Å². The first-order valence-corrected chi connectivity index (χ1v) is 8.92. The lowest BCUT2D eigenvalue weighted by molar-refractivity contribution is -0.120. The Morgan fingerprint density at radius 1 is 1.15 bits per heavy atom. The van der Waals surface area contributed by atoms with Crippen LogP contribution in [0.3, 0.4) is 0 Å². The molecule has 1 aromatic carbocycles. The van der Waals surface area contributed by atoms with E-state index in [-0.39, 0.29) is 5.91 Å². The summed E-state index contributed by atoms with van der Waals surface area (Å²) < 4.78 is 0. The van der Waals surface area contributed by atoms with E-state index in [0.29, 0.717) is 24.6 Å². The van der Waals surface area contributed by atoms with Crippen LogP contribution >= 0.6 is 0 Å². The normalized spacial score (nSPS) is 18.4. The number of imide groups is 1. The zero-order valence-corrected chi connectivity index (χ0v) is 14.4. The van der Waals surface area contributed by atoms with Crippen LogP contribution in [-0.4, -0.2) is 36.6 Å². The largest absolute Gasteiger partial charge is 0.328 e. The fourth-order valence-corrected chi connectivity index (χ4v) is 3.40. The van der Waals surface area contributed by atoms with Crippen LogP contribution in [0.2, 0.25) is 0 Å². The molecule has 0 spiro atoms. The van der Waals surface area contributed by atoms with E-state index in [1.807, 2.05) is 18.2 Å². The number of amides is 3. The fraction of sp³-hybridized carbons (Fsp3) is 0.350. The van der Waals surface area contributed by atoms with Gasteiger partial charge in [-0.15, -0.1) is 0 Å². The van der Waals surface area contributed by atoms with Crippen molar-refractivity contribution < 1.29 is 9.59 Å². The minimum Gasteiger partial charge on any atom is -0.317 e. The van der Waals surface area contributed by atoms with Crippen molar-refractivity contribution in [3.63, 3.8) is 0 Å². The van der Waals surface area contributed by atoms with E-state index in [2.05, 4.69) is 27.5 Å². The summed E-state index contributed by atoms with van der Waals surface area (Å²) in [7, 11) is 0. The average molecular weight is 348 g/mol. The van der Waals surface area contributed by atoms with Gasteiger partial charge in [0.1, 0.15) is 0 Å². The molecule has 6 heteroatoms. The predicted octanol–water partition coefficient (Wildman–Crippen LogP) is 2.03. The Bertz CT molecular complexity index is 922. The molecule has 3 heterocycles. The molecule has 2 aliphatic heterocycles. The molecule has 26 heavy (non-hydrogen) atoms. The number of piperidine rings is 1. The molecule has 0 aliphatic carbocycles. The van der Waals surface area contributed by atoms with Crippen LogP contribution < -0.4 is 15.5 Å². The number of fused-ring (bicyclic) bond motifs is 1. The molecule has 2 N–H and O–H groups in total. The maximum atomic E-state index is 12.1. The highest BCUT2D eigenvalue weighted by molar-refractivity contribution is 6.09. The Kier molecular flexibility index (Phi) is 4.55. The molecular weight excluding hydrogens is 328 g/mol. The monoisotopic (exact) mass is 348 g/mol. The molecule has 4 rings (SSSR count). The molecule has 1 aromatic heterocycles. The zero-order chi connectivity index (χ0) is 17.9. The van der Waals surface area contributed by atoms with Gasteiger partial charge < -0.3 is 5.32 Å². The maximum absolute atomic E-state index is 12.1. The van der Waals surface area contributed by atoms with Gasteiger partial charge >= 0.3 is 6.03 Å². The van der Waals surface area contributed by atoms with Crippen LogP contribution in [0.15, 0.2) is 30.6 Å². The highest BCUT2D eigenvalue weighted by Crippen LogP contribution is 2.27. The van der Waals surface area contributed by atoms with E-state index in [1.54, 1.807) is 17.3 Å². The van der Waals surface area contributed by atoms with E-state index >= 15 is 0 Å². The van der Waals surface area contributed by atoms with Gasteiger partial charge in [-0.2, -0.15) is 0 Å². The summed E-state index contributed by atoms with van der Waals surface area (Å²) >= 11 is 0. The number of carbonyl (C=O) groups is 2. The Labute approximate surface area is 152 Å². The van der Waals surface area contributed by atoms with Crippen molar-refractivity contribution in [3.05, 3.63) is 36.2 Å². The number of nitrogens with zero attached hydrogens (tertiary/aromatic N) is 2. The third kappa shape index (κ3) is 3.39. The smallest absolute Gasteiger partial charge is 0.317 e. The molecule has 2 saturated heterocycles. The number of hydrogen-bond acceptors (Lipinski definition) is 4. The average Bonchev–Trinajstić information content (AvgIpc) is 2.67. The first-order chi connectivity index (χ1) is 12.7. The van der Waals surface area contributed by atoms with Gasteiger partial charge in [0, 0.05) is 41.4 Å². The molecule has 0 unspecified atom stereocenters. The fourth-order valence-electron chi connectivity index (χ4n) is 3.40. The molecule has 0 saturated carbocycles. The van der Waals surface area contributed by atoms with Gasteiger partial charge in [-0.1, -0.05) is 17.9 Å². The van der Waals surface area contributed by atoms with Crippen molar-refractivity contribution in [2.75, 3.05) is 24.5 Å². The van der Waals surface area contributed by atoms with Crippen LogP contribution in [0, 0.1) is 17.8 Å². The quantitative estimate of drug-likeness (QED) is 0.774. The van der Waals surface area contributed by atoms with E-state index in [4.69, 9.17) is 0 Å². The Morgan fingerprint density at radius 3 is 2.81 bits per heavy atom. The number of benzene rings is 1. The van der Waals surface area contributed by atoms with Crippen LogP contribution in [0.25, 0.3) is 10.8 Å². The summed E-state index contributed by atoms with van der Waals surface area (Å²) in [5.74, 6) is 6.86. The summed E-state index contributed by atoms with van der Waals surface area (Å²) in [6.45, 7) is 2.43. The molecule has 2 aromatic rings. The van der Waals surface area contributed by atoms with Gasteiger partial charge in [0.15, 0.2) is 0 Å². The maximum Gasteiger partial charge on any atom is 0.328 e. The Hall–Kier alpha value is -2.91. The summed E-state index contributed by atoms with van der Waals surface area (Å²) in [6.07, 6.45) is 5.92. The molecular formula is C20H20N4O2. The summed E-state index contributed by atoms with van der Waals surface area (Å²) in [5, 5.41) is 7.56. The highest BCUT2D eigenvalue weighted by atomic mass is 16.2. The molecule has 6 nitrogen and oxygen atoms in total. The van der Waals surface area contributed by atoms with Crippen LogP contribution in [0.4, 0.5) is 10.5 Å². The standard InChI is InChI=1S/C20H20N4O2/c25-19-7-10-24(20(26)23-19)18-13-22-12-16-11-15(3-4-17(16)18)2-1-14-5-8-21-9-6-14/h3-4,11-14,21H,5-10H2,(H,23,25,26). The van der Waals surface area contributed by atoms with Crippen molar-refractivity contribution in [2.24, 2.45) is 5.92 Å². The van der Waals surface area contributed by atoms with Crippen molar-refractivity contribution in [3.8, 4) is 11.8 Å². The van der Waals surface area contributed by atoms with Crippen LogP contribution in [-0.2, 0) is 4.79 Å². The third-order valence-electron chi connectivity index (χ3n) is 4.84. The SMILES string of the molecule is O=C1CCN(c2cncc3cc(C#CC4CCNCC4)ccc23)C(=O)N1. The highest BCUT2D eigenvalue weighted by Gasteiger charge is 2.25. The van der Waals surface area contributed by atoms with Crippen molar-refractivity contribution in [2.45, 2.75) is 19.3 Å². The summed E-state index contributed by atoms with van der Waals surface area (Å²) in [4.78, 5) is 29.3. The second-order valence-corrected chi connectivity index (χ2v) is 6.64. The molecule has 3 amide bonds. The number of nitrogens with one attached hydrogen (secondary N) is 2. The van der Waals surface area contributed by atoms with Gasteiger partial charge in [-0.25, -0.2) is 4.79 Å². The summed E-state index contributed by atoms with van der Waals surface area (Å²) in [5.41, 5.74) is 1.67. The molecule has 0 bridgehead atoms. The van der Waals surface area contributed by atoms with Crippen molar-refractivity contribution >= 4 is 28.4 Å². The van der Waals surface area contributed by atoms with Crippen molar-refractivity contribution in [1.29, 1.82) is 0 Å². The third-order valence-corrected chi connectivity index (χ3v) is 4.84. The number of anilines is 1. The number of urea groups is 1. The first kappa shape index (κ1) is 16.6. The Morgan fingerprint density at radius 2 is 2.00 bits per heavy atom. The zero-order valence-electron chi connectivity index (χ0n) is 14.4. The van der Waals surface area contributed by atoms with E-state index in [1.165, 1.54) is 0 Å². The first-order valence-electron chi connectivity index (χ1n) is 8.92. The molecule has 0 atom stereocenters. The second kappa shape index (κ2) is 7.14. The lowest BCUT2D eigenvalue weighted by Crippen LogP contribution is -2.49. The second-order valence-electron chi connectivity index (χ2n) is 6.64. The van der Waals surface area contributed by atoms with Gasteiger partial charge in [0.2, 0.25) is 5.91 Å². The Balaban J connectivity index is 1.63. The number of aromatic nitrogens is 1. The van der Waals surface area contributed by atoms with Gasteiger partial charge in [-0.05, 0) is 38.1 Å². The molecule has 132 valence electrons. The minimum absolute atomic E-state index is 0.241.